The first-order valence-corrected chi connectivity index (χ1v) is 6.68. The van der Waals surface area contributed by atoms with Gasteiger partial charge in [0.1, 0.15) is 0 Å². The maximum atomic E-state index is 9.19. The largest absolute Gasteiger partial charge is 0.395 e. The van der Waals surface area contributed by atoms with E-state index in [0.717, 1.165) is 18.7 Å². The molecule has 20 heavy (non-hydrogen) atoms. The molecule has 0 atom stereocenters. The highest BCUT2D eigenvalue weighted by atomic mass is 16.3. The fraction of sp³-hybridized carbons (Fsp3) is 0.235. The molecule has 0 aliphatic carbocycles. The maximum absolute atomic E-state index is 9.19. The van der Waals surface area contributed by atoms with Crippen molar-refractivity contribution in [3.05, 3.63) is 71.3 Å². The van der Waals surface area contributed by atoms with Gasteiger partial charge in [-0.25, -0.2) is 0 Å². The predicted octanol–water partition coefficient (Wildman–Crippen LogP) is 2.55. The molecule has 0 amide bonds. The normalized spacial score (nSPS) is 10.4. The van der Waals surface area contributed by atoms with Gasteiger partial charge in [-0.1, -0.05) is 42.5 Å². The van der Waals surface area contributed by atoms with E-state index in [0.29, 0.717) is 12.1 Å². The van der Waals surface area contributed by atoms with Crippen LogP contribution in [-0.2, 0) is 13.1 Å². The summed E-state index contributed by atoms with van der Waals surface area (Å²) in [4.78, 5) is 2.19. The summed E-state index contributed by atoms with van der Waals surface area (Å²) < 4.78 is 0. The Balaban J connectivity index is 2.03. The molecule has 0 aliphatic heterocycles. The van der Waals surface area contributed by atoms with Gasteiger partial charge in [0, 0.05) is 19.6 Å². The molecule has 0 radical (unpaired) electrons. The minimum absolute atomic E-state index is 0.142. The first kappa shape index (κ1) is 14.3. The summed E-state index contributed by atoms with van der Waals surface area (Å²) in [5, 5.41) is 18.0. The Morgan fingerprint density at radius 3 is 2.05 bits per heavy atom. The van der Waals surface area contributed by atoms with Crippen molar-refractivity contribution in [1.82, 2.24) is 4.90 Å². The average molecular weight is 266 g/mol. The zero-order chi connectivity index (χ0) is 14.2. The Bertz CT molecular complexity index is 558. The molecule has 3 nitrogen and oxygen atoms in total. The van der Waals surface area contributed by atoms with Crippen LogP contribution in [0.1, 0.15) is 16.7 Å². The summed E-state index contributed by atoms with van der Waals surface area (Å²) in [5.74, 6) is 0. The molecule has 0 spiro atoms. The number of hydrogen-bond donors (Lipinski definition) is 1. The molecule has 0 aliphatic rings. The molecular weight excluding hydrogens is 248 g/mol. The van der Waals surface area contributed by atoms with Crippen LogP contribution in [0.15, 0.2) is 54.6 Å². The zero-order valence-electron chi connectivity index (χ0n) is 11.4. The molecule has 1 N–H and O–H groups in total. The predicted molar refractivity (Wildman–Crippen MR) is 78.8 cm³/mol. The molecule has 0 saturated carbocycles. The van der Waals surface area contributed by atoms with Crippen LogP contribution in [-0.4, -0.2) is 23.2 Å². The molecule has 0 bridgehead atoms. The molecule has 3 heteroatoms. The molecule has 0 fully saturated rings. The zero-order valence-corrected chi connectivity index (χ0v) is 11.4. The second-order valence-corrected chi connectivity index (χ2v) is 4.73. The van der Waals surface area contributed by atoms with Gasteiger partial charge in [0.15, 0.2) is 0 Å². The van der Waals surface area contributed by atoms with Crippen LogP contribution >= 0.6 is 0 Å². The summed E-state index contributed by atoms with van der Waals surface area (Å²) >= 11 is 0. The highest BCUT2D eigenvalue weighted by Gasteiger charge is 2.06. The number of nitrogens with zero attached hydrogens (tertiary/aromatic N) is 2. The van der Waals surface area contributed by atoms with Crippen molar-refractivity contribution in [1.29, 1.82) is 5.26 Å². The van der Waals surface area contributed by atoms with Crippen LogP contribution in [0.4, 0.5) is 0 Å². The number of aliphatic hydroxyl groups excluding tert-OH is 1. The van der Waals surface area contributed by atoms with Gasteiger partial charge >= 0.3 is 0 Å². The van der Waals surface area contributed by atoms with E-state index in [4.69, 9.17) is 5.26 Å². The SMILES string of the molecule is N#Cc1ccc(CN(CCO)Cc2ccccc2)cc1. The quantitative estimate of drug-likeness (QED) is 0.874. The second-order valence-electron chi connectivity index (χ2n) is 4.73. The van der Waals surface area contributed by atoms with Gasteiger partial charge < -0.3 is 5.11 Å². The van der Waals surface area contributed by atoms with Crippen molar-refractivity contribution in [3.8, 4) is 6.07 Å². The monoisotopic (exact) mass is 266 g/mol. The highest BCUT2D eigenvalue weighted by molar-refractivity contribution is 5.31. The molecule has 2 aromatic rings. The Hall–Kier alpha value is -2.15. The lowest BCUT2D eigenvalue weighted by atomic mass is 10.1. The van der Waals surface area contributed by atoms with Crippen molar-refractivity contribution >= 4 is 0 Å². The second kappa shape index (κ2) is 7.44. The molecule has 0 heterocycles. The van der Waals surface area contributed by atoms with E-state index >= 15 is 0 Å². The lowest BCUT2D eigenvalue weighted by molar-refractivity contribution is 0.184. The highest BCUT2D eigenvalue weighted by Crippen LogP contribution is 2.10. The van der Waals surface area contributed by atoms with Gasteiger partial charge in [-0.15, -0.1) is 0 Å². The van der Waals surface area contributed by atoms with E-state index < -0.39 is 0 Å². The van der Waals surface area contributed by atoms with Crippen LogP contribution in [0.3, 0.4) is 0 Å². The molecule has 0 saturated heterocycles. The summed E-state index contributed by atoms with van der Waals surface area (Å²) in [7, 11) is 0. The van der Waals surface area contributed by atoms with Crippen LogP contribution in [0, 0.1) is 11.3 Å². The first-order valence-electron chi connectivity index (χ1n) is 6.68. The lowest BCUT2D eigenvalue weighted by Gasteiger charge is -2.21. The summed E-state index contributed by atoms with van der Waals surface area (Å²) in [6.45, 7) is 2.35. The van der Waals surface area contributed by atoms with E-state index in [1.165, 1.54) is 5.56 Å². The standard InChI is InChI=1S/C17H18N2O/c18-12-15-6-8-17(9-7-15)14-19(10-11-20)13-16-4-2-1-3-5-16/h1-9,20H,10-11,13-14H2. The third-order valence-corrected chi connectivity index (χ3v) is 3.15. The number of benzene rings is 2. The van der Waals surface area contributed by atoms with Gasteiger partial charge in [0.25, 0.3) is 0 Å². The van der Waals surface area contributed by atoms with Crippen LogP contribution in [0.25, 0.3) is 0 Å². The van der Waals surface area contributed by atoms with Crippen LogP contribution in [0.5, 0.6) is 0 Å². The minimum Gasteiger partial charge on any atom is -0.395 e. The third-order valence-electron chi connectivity index (χ3n) is 3.15. The van der Waals surface area contributed by atoms with Gasteiger partial charge in [-0.05, 0) is 23.3 Å². The van der Waals surface area contributed by atoms with E-state index in [-0.39, 0.29) is 6.61 Å². The number of aliphatic hydroxyl groups is 1. The Morgan fingerprint density at radius 2 is 1.50 bits per heavy atom. The number of rotatable bonds is 6. The molecule has 2 rings (SSSR count). The third kappa shape index (κ3) is 4.20. The molecule has 2 aromatic carbocycles. The lowest BCUT2D eigenvalue weighted by Crippen LogP contribution is -2.26. The van der Waals surface area contributed by atoms with Crippen molar-refractivity contribution < 1.29 is 5.11 Å². The average Bonchev–Trinajstić information content (AvgIpc) is 2.49. The van der Waals surface area contributed by atoms with Crippen LogP contribution < -0.4 is 0 Å². The van der Waals surface area contributed by atoms with Crippen molar-refractivity contribution in [3.63, 3.8) is 0 Å². The summed E-state index contributed by atoms with van der Waals surface area (Å²) in [6, 6.07) is 19.9. The van der Waals surface area contributed by atoms with Gasteiger partial charge in [0.05, 0.1) is 18.2 Å². The Morgan fingerprint density at radius 1 is 0.900 bits per heavy atom. The number of nitriles is 1. The van der Waals surface area contributed by atoms with E-state index in [1.807, 2.05) is 42.5 Å². The fourth-order valence-electron chi connectivity index (χ4n) is 2.14. The topological polar surface area (TPSA) is 47.3 Å². The fourth-order valence-corrected chi connectivity index (χ4v) is 2.14. The van der Waals surface area contributed by atoms with Crippen LogP contribution in [0.2, 0.25) is 0 Å². The number of hydrogen-bond acceptors (Lipinski definition) is 3. The smallest absolute Gasteiger partial charge is 0.0991 e. The molecule has 0 unspecified atom stereocenters. The molecule has 102 valence electrons. The van der Waals surface area contributed by atoms with Gasteiger partial charge in [-0.3, -0.25) is 4.90 Å². The molecular formula is C17H18N2O. The van der Waals surface area contributed by atoms with E-state index in [9.17, 15) is 5.11 Å². The van der Waals surface area contributed by atoms with Crippen molar-refractivity contribution in [2.75, 3.05) is 13.2 Å². The van der Waals surface area contributed by atoms with E-state index in [1.54, 1.807) is 0 Å². The summed E-state index contributed by atoms with van der Waals surface area (Å²) in [6.07, 6.45) is 0. The Labute approximate surface area is 119 Å². The van der Waals surface area contributed by atoms with Gasteiger partial charge in [-0.2, -0.15) is 5.26 Å². The van der Waals surface area contributed by atoms with Gasteiger partial charge in [0.2, 0.25) is 0 Å². The Kier molecular flexibility index (Phi) is 5.31. The molecule has 0 aromatic heterocycles. The van der Waals surface area contributed by atoms with E-state index in [2.05, 4.69) is 23.1 Å². The first-order chi connectivity index (χ1) is 9.81. The van der Waals surface area contributed by atoms with Crippen molar-refractivity contribution in [2.24, 2.45) is 0 Å². The minimum atomic E-state index is 0.142. The summed E-state index contributed by atoms with van der Waals surface area (Å²) in [5.41, 5.74) is 3.05. The maximum Gasteiger partial charge on any atom is 0.0991 e. The van der Waals surface area contributed by atoms with Crippen molar-refractivity contribution in [2.45, 2.75) is 13.1 Å².